The Bertz CT molecular complexity index is 1450. The van der Waals surface area contributed by atoms with Gasteiger partial charge in [-0.2, -0.15) is 9.97 Å². The molecule has 2 aromatic heterocycles. The summed E-state index contributed by atoms with van der Waals surface area (Å²) in [6.07, 6.45) is 4.76. The highest BCUT2D eigenvalue weighted by molar-refractivity contribution is 6.37. The van der Waals surface area contributed by atoms with Crippen molar-refractivity contribution >= 4 is 51.7 Å². The van der Waals surface area contributed by atoms with Crippen molar-refractivity contribution in [3.8, 4) is 5.69 Å². The lowest BCUT2D eigenvalue weighted by molar-refractivity contribution is 0.268. The average molecular weight is 496 g/mol. The Labute approximate surface area is 206 Å². The molecular weight excluding hydrogens is 473 g/mol. The quantitative estimate of drug-likeness (QED) is 0.436. The lowest BCUT2D eigenvalue weighted by atomic mass is 9.87. The number of anilines is 3. The molecule has 3 N–H and O–H groups in total. The number of halogens is 2. The minimum Gasteiger partial charge on any atom is -0.384 e. The van der Waals surface area contributed by atoms with E-state index in [0.717, 1.165) is 24.9 Å². The van der Waals surface area contributed by atoms with E-state index in [0.29, 0.717) is 17.4 Å². The number of rotatable bonds is 4. The fourth-order valence-electron chi connectivity index (χ4n) is 4.37. The predicted molar refractivity (Wildman–Crippen MR) is 137 cm³/mol. The number of aryl methyl sites for hydroxylation is 1. The molecule has 2 aromatic carbocycles. The van der Waals surface area contributed by atoms with Gasteiger partial charge in [0.15, 0.2) is 5.65 Å². The molecule has 5 rings (SSSR count). The fourth-order valence-corrected chi connectivity index (χ4v) is 4.93. The number of nitrogens with one attached hydrogen (secondary N) is 1. The summed E-state index contributed by atoms with van der Waals surface area (Å²) in [5.74, 6) is 0.437. The summed E-state index contributed by atoms with van der Waals surface area (Å²) in [5, 5.41) is 4.21. The maximum Gasteiger partial charge on any atom is 0.355 e. The molecule has 1 aliphatic rings. The number of para-hydroxylation sites is 1. The van der Waals surface area contributed by atoms with Crippen LogP contribution in [0.2, 0.25) is 10.0 Å². The molecule has 0 spiro atoms. The van der Waals surface area contributed by atoms with Gasteiger partial charge in [0, 0.05) is 17.9 Å². The summed E-state index contributed by atoms with van der Waals surface area (Å²) < 4.78 is 1.17. The topological polar surface area (TPSA) is 102 Å². The summed E-state index contributed by atoms with van der Waals surface area (Å²) >= 11 is 12.6. The second kappa shape index (κ2) is 8.87. The second-order valence-corrected chi connectivity index (χ2v) is 9.40. The Hall–Kier alpha value is -3.20. The Morgan fingerprint density at radius 2 is 1.88 bits per heavy atom. The Morgan fingerprint density at radius 1 is 1.12 bits per heavy atom. The summed E-state index contributed by atoms with van der Waals surface area (Å²) in [6, 6.07) is 11.8. The number of hydrogen-bond donors (Lipinski definition) is 2. The smallest absolute Gasteiger partial charge is 0.355 e. The zero-order chi connectivity index (χ0) is 24.0. The molecule has 10 heteroatoms. The van der Waals surface area contributed by atoms with Crippen LogP contribution in [0.3, 0.4) is 0 Å². The van der Waals surface area contributed by atoms with Gasteiger partial charge < -0.3 is 16.0 Å². The van der Waals surface area contributed by atoms with Crippen LogP contribution < -0.4 is 16.7 Å². The predicted octanol–water partition coefficient (Wildman–Crippen LogP) is 4.23. The minimum absolute atomic E-state index is 0.111. The molecule has 0 radical (unpaired) electrons. The Kier molecular flexibility index (Phi) is 5.89. The molecule has 0 saturated heterocycles. The molecule has 4 aromatic rings. The normalized spacial score (nSPS) is 15.5. The zero-order valence-electron chi connectivity index (χ0n) is 18.7. The summed E-state index contributed by atoms with van der Waals surface area (Å²) in [5.41, 5.74) is 9.70. The van der Waals surface area contributed by atoms with E-state index in [1.54, 1.807) is 18.2 Å². The first kappa shape index (κ1) is 22.6. The van der Waals surface area contributed by atoms with E-state index in [-0.39, 0.29) is 27.2 Å². The maximum atomic E-state index is 12.8. The van der Waals surface area contributed by atoms with Crippen LogP contribution in [0.4, 0.5) is 17.5 Å². The van der Waals surface area contributed by atoms with E-state index < -0.39 is 5.69 Å². The number of nitrogens with zero attached hydrogens (tertiary/aromatic N) is 5. The first-order valence-electron chi connectivity index (χ1n) is 10.9. The first-order valence-corrected chi connectivity index (χ1v) is 11.6. The van der Waals surface area contributed by atoms with Crippen molar-refractivity contribution in [3.63, 3.8) is 0 Å². The summed E-state index contributed by atoms with van der Waals surface area (Å²) in [7, 11) is 4.24. The second-order valence-electron chi connectivity index (χ2n) is 8.58. The average Bonchev–Trinajstić information content (AvgIpc) is 2.80. The highest BCUT2D eigenvalue weighted by Crippen LogP contribution is 2.31. The largest absolute Gasteiger partial charge is 0.384 e. The van der Waals surface area contributed by atoms with Crippen LogP contribution in [0.5, 0.6) is 0 Å². The van der Waals surface area contributed by atoms with Crippen LogP contribution in [0.15, 0.2) is 47.4 Å². The van der Waals surface area contributed by atoms with Gasteiger partial charge >= 0.3 is 5.69 Å². The standard InChI is InChI=1S/C24H23Cl2N7O/c1-32(2)16-9-7-13-6-8-15(10-14(13)11-16)29-23-28-12-17-21(27)33(24(34)31-22(17)30-23)20-18(25)4-3-5-19(20)26/h3-6,8,10,12,16H,7,9,11,27H2,1-2H3,(H,29,30,31,34). The van der Waals surface area contributed by atoms with Crippen molar-refractivity contribution in [2.45, 2.75) is 25.3 Å². The Balaban J connectivity index is 1.49. The van der Waals surface area contributed by atoms with Gasteiger partial charge in [0.1, 0.15) is 5.82 Å². The number of aromatic nitrogens is 4. The van der Waals surface area contributed by atoms with Gasteiger partial charge in [0.2, 0.25) is 5.95 Å². The third-order valence-electron chi connectivity index (χ3n) is 6.23. The molecule has 0 bridgehead atoms. The van der Waals surface area contributed by atoms with Crippen LogP contribution in [0, 0.1) is 0 Å². The molecule has 0 amide bonds. The van der Waals surface area contributed by atoms with Gasteiger partial charge in [0.05, 0.1) is 21.1 Å². The van der Waals surface area contributed by atoms with E-state index >= 15 is 0 Å². The van der Waals surface area contributed by atoms with Crippen LogP contribution in [-0.4, -0.2) is 44.6 Å². The third kappa shape index (κ3) is 4.09. The molecule has 0 fully saturated rings. The monoisotopic (exact) mass is 495 g/mol. The van der Waals surface area contributed by atoms with E-state index in [9.17, 15) is 4.79 Å². The summed E-state index contributed by atoms with van der Waals surface area (Å²) in [4.78, 5) is 28.0. The molecule has 34 heavy (non-hydrogen) atoms. The molecule has 0 aliphatic heterocycles. The lowest BCUT2D eigenvalue weighted by Crippen LogP contribution is -2.33. The number of nitrogens with two attached hydrogens (primary N) is 1. The van der Waals surface area contributed by atoms with E-state index in [1.807, 2.05) is 6.07 Å². The minimum atomic E-state index is -0.631. The molecular formula is C24H23Cl2N7O. The van der Waals surface area contributed by atoms with Crippen LogP contribution >= 0.6 is 23.2 Å². The maximum absolute atomic E-state index is 12.8. The van der Waals surface area contributed by atoms with E-state index in [2.05, 4.69) is 51.4 Å². The van der Waals surface area contributed by atoms with Gasteiger partial charge in [-0.1, -0.05) is 35.3 Å². The number of benzene rings is 2. The van der Waals surface area contributed by atoms with Crippen molar-refractivity contribution < 1.29 is 0 Å². The van der Waals surface area contributed by atoms with Gasteiger partial charge in [-0.15, -0.1) is 0 Å². The molecule has 1 atom stereocenters. The fraction of sp³-hybridized carbons (Fsp3) is 0.250. The molecule has 2 heterocycles. The van der Waals surface area contributed by atoms with Crippen molar-refractivity contribution in [1.82, 2.24) is 24.4 Å². The Morgan fingerprint density at radius 3 is 2.62 bits per heavy atom. The first-order chi connectivity index (χ1) is 16.3. The number of likely N-dealkylation sites (N-methyl/N-ethyl adjacent to an activating group) is 1. The van der Waals surface area contributed by atoms with Gasteiger partial charge in [0.25, 0.3) is 0 Å². The zero-order valence-corrected chi connectivity index (χ0v) is 20.2. The number of nitrogen functional groups attached to an aromatic ring is 1. The van der Waals surface area contributed by atoms with Gasteiger partial charge in [-0.05, 0) is 68.8 Å². The highest BCUT2D eigenvalue weighted by Gasteiger charge is 2.21. The number of hydrogen-bond acceptors (Lipinski definition) is 7. The van der Waals surface area contributed by atoms with Crippen LogP contribution in [0.25, 0.3) is 16.7 Å². The molecule has 1 unspecified atom stereocenters. The van der Waals surface area contributed by atoms with E-state index in [1.165, 1.54) is 21.9 Å². The molecule has 8 nitrogen and oxygen atoms in total. The van der Waals surface area contributed by atoms with E-state index in [4.69, 9.17) is 28.9 Å². The highest BCUT2D eigenvalue weighted by atomic mass is 35.5. The third-order valence-corrected chi connectivity index (χ3v) is 6.84. The van der Waals surface area contributed by atoms with Crippen LogP contribution in [-0.2, 0) is 12.8 Å². The van der Waals surface area contributed by atoms with Gasteiger partial charge in [-0.3, -0.25) is 0 Å². The lowest BCUT2D eigenvalue weighted by Gasteiger charge is -2.30. The van der Waals surface area contributed by atoms with Crippen molar-refractivity contribution in [2.24, 2.45) is 0 Å². The molecule has 174 valence electrons. The summed E-state index contributed by atoms with van der Waals surface area (Å²) in [6.45, 7) is 0. The van der Waals surface area contributed by atoms with Gasteiger partial charge in [-0.25, -0.2) is 14.3 Å². The number of fused-ring (bicyclic) bond motifs is 2. The SMILES string of the molecule is CN(C)C1CCc2ccc(Nc3ncc4c(N)n(-c5c(Cl)cccc5Cl)c(=O)nc4n3)cc2C1. The van der Waals surface area contributed by atoms with Crippen molar-refractivity contribution in [3.05, 3.63) is 74.3 Å². The molecule has 0 saturated carbocycles. The van der Waals surface area contributed by atoms with Crippen LogP contribution in [0.1, 0.15) is 17.5 Å². The molecule has 1 aliphatic carbocycles. The van der Waals surface area contributed by atoms with Crippen molar-refractivity contribution in [1.29, 1.82) is 0 Å². The van der Waals surface area contributed by atoms with Crippen molar-refractivity contribution in [2.75, 3.05) is 25.1 Å².